The molecule has 2 rings (SSSR count). The summed E-state index contributed by atoms with van der Waals surface area (Å²) in [5, 5.41) is 30.1. The van der Waals surface area contributed by atoms with Crippen molar-refractivity contribution in [3.63, 3.8) is 0 Å². The van der Waals surface area contributed by atoms with Gasteiger partial charge in [0.2, 0.25) is 5.91 Å². The molecule has 7 nitrogen and oxygen atoms in total. The maximum Gasteiger partial charge on any atom is 0.475 e. The highest BCUT2D eigenvalue weighted by molar-refractivity contribution is 6.43. The monoisotopic (exact) mass is 485 g/mol. The third kappa shape index (κ3) is 11.8. The van der Waals surface area contributed by atoms with Crippen LogP contribution in [-0.4, -0.2) is 41.3 Å². The molecule has 3 N–H and O–H groups in total. The summed E-state index contributed by atoms with van der Waals surface area (Å²) in [6, 6.07) is 19.2. The van der Waals surface area contributed by atoms with E-state index in [1.165, 1.54) is 12.3 Å². The van der Waals surface area contributed by atoms with E-state index in [2.05, 4.69) is 29.4 Å². The van der Waals surface area contributed by atoms with Crippen LogP contribution in [-0.2, 0) is 11.2 Å². The van der Waals surface area contributed by atoms with Crippen molar-refractivity contribution in [3.8, 4) is 24.2 Å². The average Bonchev–Trinajstić information content (AvgIpc) is 2.87. The molecule has 2 aromatic carbocycles. The molecule has 0 bridgehead atoms. The molecule has 0 fully saturated rings. The van der Waals surface area contributed by atoms with Crippen molar-refractivity contribution in [2.24, 2.45) is 10.9 Å². The molecule has 2 aromatic rings. The second kappa shape index (κ2) is 17.3. The van der Waals surface area contributed by atoms with Crippen LogP contribution in [0.5, 0.6) is 5.75 Å². The summed E-state index contributed by atoms with van der Waals surface area (Å²) in [6.07, 6.45) is 9.10. The number of hydrogen-bond donors (Lipinski definition) is 3. The molecule has 0 heterocycles. The minimum atomic E-state index is -1.59. The van der Waals surface area contributed by atoms with E-state index in [-0.39, 0.29) is 18.9 Å². The van der Waals surface area contributed by atoms with E-state index in [1.54, 1.807) is 0 Å². The third-order valence-electron chi connectivity index (χ3n) is 4.92. The van der Waals surface area contributed by atoms with Crippen LogP contribution in [0.4, 0.5) is 0 Å². The molecule has 0 aliphatic carbocycles. The van der Waals surface area contributed by atoms with Gasteiger partial charge in [0.15, 0.2) is 0 Å². The summed E-state index contributed by atoms with van der Waals surface area (Å²) in [6.45, 7) is 9.07. The lowest BCUT2D eigenvalue weighted by Crippen LogP contribution is -2.47. The van der Waals surface area contributed by atoms with Crippen molar-refractivity contribution in [1.82, 2.24) is 5.32 Å². The average molecular weight is 485 g/mol. The minimum absolute atomic E-state index is 0.155. The lowest BCUT2D eigenvalue weighted by atomic mass is 9.76. The zero-order chi connectivity index (χ0) is 26.8. The van der Waals surface area contributed by atoms with Gasteiger partial charge < -0.3 is 20.1 Å². The van der Waals surface area contributed by atoms with Crippen LogP contribution in [0.2, 0.25) is 0 Å². The molecule has 8 heteroatoms. The van der Waals surface area contributed by atoms with Crippen LogP contribution in [0.15, 0.2) is 85.0 Å². The first kappa shape index (κ1) is 29.9. The molecule has 0 aliphatic rings. The van der Waals surface area contributed by atoms with Crippen LogP contribution in [0, 0.1) is 36.5 Å². The van der Waals surface area contributed by atoms with E-state index in [0.717, 1.165) is 16.9 Å². The van der Waals surface area contributed by atoms with Gasteiger partial charge in [-0.1, -0.05) is 61.5 Å². The first-order valence-corrected chi connectivity index (χ1v) is 11.4. The minimum Gasteiger partial charge on any atom is -0.493 e. The molecule has 0 saturated carbocycles. The molecule has 2 unspecified atom stereocenters. The highest BCUT2D eigenvalue weighted by Gasteiger charge is 2.24. The van der Waals surface area contributed by atoms with Gasteiger partial charge >= 0.3 is 7.12 Å². The standard InChI is InChI=1S/C19H24BNO4.C9H8N2/c1-15-6-5-9-17(14-15)25-13-12-19(22)21-18(20(23)24)11-10-16-7-3-2-4-8-16;1-4-8(7-10)9(5-2)11-6-3/h2-9,14,18,23-24H,10-13H2,1H3,(H,21,22);1,5-6,8H,2-3H2. The van der Waals surface area contributed by atoms with E-state index in [4.69, 9.17) is 16.4 Å². The normalized spacial score (nSPS) is 11.9. The number of nitrogens with one attached hydrogen (secondary N) is 1. The molecule has 2 atom stereocenters. The van der Waals surface area contributed by atoms with Gasteiger partial charge in [0.05, 0.1) is 30.7 Å². The van der Waals surface area contributed by atoms with E-state index in [1.807, 2.05) is 67.6 Å². The zero-order valence-electron chi connectivity index (χ0n) is 20.5. The van der Waals surface area contributed by atoms with Crippen LogP contribution >= 0.6 is 0 Å². The largest absolute Gasteiger partial charge is 0.493 e. The number of hydrogen-bond acceptors (Lipinski definition) is 6. The van der Waals surface area contributed by atoms with Crippen molar-refractivity contribution in [1.29, 1.82) is 5.26 Å². The predicted octanol–water partition coefficient (Wildman–Crippen LogP) is 3.42. The van der Waals surface area contributed by atoms with E-state index >= 15 is 0 Å². The number of carbonyl (C=O) groups excluding carboxylic acids is 1. The van der Waals surface area contributed by atoms with Gasteiger partial charge in [-0.25, -0.2) is 0 Å². The Morgan fingerprint density at radius 2 is 1.97 bits per heavy atom. The number of benzene rings is 2. The number of amides is 1. The molecule has 0 spiro atoms. The number of rotatable bonds is 12. The Morgan fingerprint density at radius 1 is 1.25 bits per heavy atom. The Bertz CT molecular complexity index is 1070. The van der Waals surface area contributed by atoms with Crippen LogP contribution in [0.1, 0.15) is 24.0 Å². The predicted molar refractivity (Wildman–Crippen MR) is 144 cm³/mol. The summed E-state index contributed by atoms with van der Waals surface area (Å²) in [7, 11) is -1.59. The molecule has 0 aromatic heterocycles. The number of ether oxygens (including phenoxy) is 1. The van der Waals surface area contributed by atoms with Crippen molar-refractivity contribution in [2.45, 2.75) is 32.1 Å². The summed E-state index contributed by atoms with van der Waals surface area (Å²) in [4.78, 5) is 15.8. The number of nitriles is 1. The summed E-state index contributed by atoms with van der Waals surface area (Å²) < 4.78 is 5.54. The molecule has 36 heavy (non-hydrogen) atoms. The number of aliphatic imine (C=N–C) groups is 1. The van der Waals surface area contributed by atoms with Crippen molar-refractivity contribution in [3.05, 3.63) is 91.2 Å². The van der Waals surface area contributed by atoms with Gasteiger partial charge in [0.25, 0.3) is 0 Å². The Morgan fingerprint density at radius 3 is 2.53 bits per heavy atom. The van der Waals surface area contributed by atoms with Gasteiger partial charge in [-0.2, -0.15) is 5.26 Å². The number of nitrogens with zero attached hydrogens (tertiary/aromatic N) is 2. The lowest BCUT2D eigenvalue weighted by Gasteiger charge is -2.18. The molecule has 186 valence electrons. The molecular formula is C28H32BN3O4. The van der Waals surface area contributed by atoms with Gasteiger partial charge in [0, 0.05) is 6.20 Å². The molecule has 0 saturated heterocycles. The van der Waals surface area contributed by atoms with Crippen molar-refractivity contribution in [2.75, 3.05) is 6.61 Å². The number of aryl methyl sites for hydroxylation is 2. The number of carbonyl (C=O) groups is 1. The van der Waals surface area contributed by atoms with E-state index < -0.39 is 19.0 Å². The summed E-state index contributed by atoms with van der Waals surface area (Å²) >= 11 is 0. The Balaban J connectivity index is 0.000000497. The fraction of sp³-hybridized carbons (Fsp3) is 0.250. The third-order valence-corrected chi connectivity index (χ3v) is 4.92. The Kier molecular flexibility index (Phi) is 14.4. The summed E-state index contributed by atoms with van der Waals surface area (Å²) in [5.41, 5.74) is 2.64. The molecule has 0 aliphatic heterocycles. The SMILES string of the molecule is C#CC(C#N)C(C=C)=NC=C.Cc1cccc(OCCC(=O)NC(CCc2ccccc2)B(O)O)c1. The summed E-state index contributed by atoms with van der Waals surface area (Å²) in [5.74, 6) is 1.41. The van der Waals surface area contributed by atoms with Crippen molar-refractivity contribution >= 4 is 18.7 Å². The van der Waals surface area contributed by atoms with Crippen LogP contribution in [0.3, 0.4) is 0 Å². The fourth-order valence-corrected chi connectivity index (χ4v) is 3.05. The fourth-order valence-electron chi connectivity index (χ4n) is 3.05. The van der Waals surface area contributed by atoms with Gasteiger partial charge in [-0.3, -0.25) is 9.79 Å². The van der Waals surface area contributed by atoms with E-state index in [0.29, 0.717) is 18.6 Å². The first-order chi connectivity index (χ1) is 17.3. The van der Waals surface area contributed by atoms with Crippen LogP contribution in [0.25, 0.3) is 0 Å². The Labute approximate surface area is 214 Å². The molecule has 0 radical (unpaired) electrons. The van der Waals surface area contributed by atoms with Gasteiger partial charge in [0.1, 0.15) is 11.7 Å². The van der Waals surface area contributed by atoms with Gasteiger partial charge in [-0.15, -0.1) is 6.42 Å². The quantitative estimate of drug-likeness (QED) is 0.242. The van der Waals surface area contributed by atoms with Crippen LogP contribution < -0.4 is 10.1 Å². The number of terminal acetylenes is 1. The van der Waals surface area contributed by atoms with E-state index in [9.17, 15) is 14.8 Å². The second-order valence-electron chi connectivity index (χ2n) is 7.70. The molecular weight excluding hydrogens is 453 g/mol. The smallest absolute Gasteiger partial charge is 0.475 e. The topological polar surface area (TPSA) is 115 Å². The highest BCUT2D eigenvalue weighted by atomic mass is 16.5. The zero-order valence-corrected chi connectivity index (χ0v) is 20.5. The maximum absolute atomic E-state index is 12.0. The maximum atomic E-state index is 12.0. The second-order valence-corrected chi connectivity index (χ2v) is 7.70. The number of allylic oxidation sites excluding steroid dienone is 1. The first-order valence-electron chi connectivity index (χ1n) is 11.4. The van der Waals surface area contributed by atoms with Crippen molar-refractivity contribution < 1.29 is 19.6 Å². The highest BCUT2D eigenvalue weighted by Crippen LogP contribution is 2.12. The Hall–Kier alpha value is -4.11. The van der Waals surface area contributed by atoms with Gasteiger partial charge in [-0.05, 0) is 49.1 Å². The molecule has 1 amide bonds. The lowest BCUT2D eigenvalue weighted by molar-refractivity contribution is -0.122.